The predicted molar refractivity (Wildman–Crippen MR) is 99.0 cm³/mol. The van der Waals surface area contributed by atoms with Crippen molar-refractivity contribution in [2.45, 2.75) is 71.8 Å². The number of unbranched alkanes of at least 4 members (excludes halogenated alkanes) is 5. The number of carbonyl (C=O) groups is 2. The van der Waals surface area contributed by atoms with Crippen LogP contribution in [0.15, 0.2) is 30.3 Å². The summed E-state index contributed by atoms with van der Waals surface area (Å²) < 4.78 is 10.5. The molecule has 0 heterocycles. The second-order valence-electron chi connectivity index (χ2n) is 6.52. The molecule has 0 radical (unpaired) electrons. The van der Waals surface area contributed by atoms with Gasteiger partial charge in [-0.2, -0.15) is 0 Å². The van der Waals surface area contributed by atoms with Crippen LogP contribution in [-0.2, 0) is 25.7 Å². The molecule has 0 aromatic heterocycles. The molecule has 0 N–H and O–H groups in total. The van der Waals surface area contributed by atoms with Crippen molar-refractivity contribution in [3.63, 3.8) is 0 Å². The van der Waals surface area contributed by atoms with Crippen LogP contribution in [0.5, 0.6) is 0 Å². The molecule has 4 heteroatoms. The molecule has 0 saturated heterocycles. The SMILES string of the molecule is CCCCCCCCOC(=O)[C@@H](C)CCC(=O)OCc1ccccc1. The first-order valence-corrected chi connectivity index (χ1v) is 9.49. The van der Waals surface area contributed by atoms with E-state index in [1.54, 1.807) is 6.92 Å². The second-order valence-corrected chi connectivity index (χ2v) is 6.52. The van der Waals surface area contributed by atoms with Gasteiger partial charge in [-0.15, -0.1) is 0 Å². The van der Waals surface area contributed by atoms with Crippen molar-refractivity contribution in [3.8, 4) is 0 Å². The fraction of sp³-hybridized carbons (Fsp3) is 0.619. The maximum atomic E-state index is 11.9. The fourth-order valence-electron chi connectivity index (χ4n) is 2.46. The van der Waals surface area contributed by atoms with Crippen molar-refractivity contribution in [2.75, 3.05) is 6.61 Å². The van der Waals surface area contributed by atoms with Crippen LogP contribution >= 0.6 is 0 Å². The maximum Gasteiger partial charge on any atom is 0.308 e. The summed E-state index contributed by atoms with van der Waals surface area (Å²) >= 11 is 0. The molecule has 140 valence electrons. The minimum atomic E-state index is -0.278. The average molecular weight is 348 g/mol. The fourth-order valence-corrected chi connectivity index (χ4v) is 2.46. The van der Waals surface area contributed by atoms with E-state index in [4.69, 9.17) is 9.47 Å². The first kappa shape index (κ1) is 21.2. The molecule has 0 aliphatic carbocycles. The third-order valence-electron chi connectivity index (χ3n) is 4.17. The topological polar surface area (TPSA) is 52.6 Å². The molecule has 0 aliphatic rings. The Morgan fingerprint density at radius 1 is 0.960 bits per heavy atom. The van der Waals surface area contributed by atoms with Crippen molar-refractivity contribution in [3.05, 3.63) is 35.9 Å². The summed E-state index contributed by atoms with van der Waals surface area (Å²) in [5.41, 5.74) is 0.960. The van der Waals surface area contributed by atoms with Crippen LogP contribution < -0.4 is 0 Å². The molecule has 4 nitrogen and oxygen atoms in total. The van der Waals surface area contributed by atoms with Crippen molar-refractivity contribution in [2.24, 2.45) is 5.92 Å². The van der Waals surface area contributed by atoms with Gasteiger partial charge < -0.3 is 9.47 Å². The zero-order valence-corrected chi connectivity index (χ0v) is 15.7. The highest BCUT2D eigenvalue weighted by Crippen LogP contribution is 2.11. The van der Waals surface area contributed by atoms with Gasteiger partial charge in [0, 0.05) is 6.42 Å². The van der Waals surface area contributed by atoms with Gasteiger partial charge in [0.05, 0.1) is 12.5 Å². The van der Waals surface area contributed by atoms with E-state index in [0.717, 1.165) is 18.4 Å². The zero-order valence-electron chi connectivity index (χ0n) is 15.7. The maximum absolute atomic E-state index is 11.9. The molecule has 1 aromatic carbocycles. The van der Waals surface area contributed by atoms with Crippen LogP contribution in [0.2, 0.25) is 0 Å². The Morgan fingerprint density at radius 3 is 2.36 bits per heavy atom. The third-order valence-corrected chi connectivity index (χ3v) is 4.17. The van der Waals surface area contributed by atoms with Gasteiger partial charge in [-0.05, 0) is 18.4 Å². The van der Waals surface area contributed by atoms with E-state index >= 15 is 0 Å². The number of benzene rings is 1. The average Bonchev–Trinajstić information content (AvgIpc) is 2.64. The quantitative estimate of drug-likeness (QED) is 0.370. The summed E-state index contributed by atoms with van der Waals surface area (Å²) in [6.45, 7) is 4.75. The summed E-state index contributed by atoms with van der Waals surface area (Å²) in [5, 5.41) is 0. The molecule has 0 amide bonds. The predicted octanol–water partition coefficient (Wildman–Crippen LogP) is 5.05. The Kier molecular flexibility index (Phi) is 11.4. The molecule has 1 rings (SSSR count). The summed E-state index contributed by atoms with van der Waals surface area (Å²) in [6, 6.07) is 9.56. The van der Waals surface area contributed by atoms with Crippen LogP contribution in [-0.4, -0.2) is 18.5 Å². The van der Waals surface area contributed by atoms with E-state index in [2.05, 4.69) is 6.92 Å². The van der Waals surface area contributed by atoms with E-state index in [0.29, 0.717) is 13.0 Å². The van der Waals surface area contributed by atoms with Gasteiger partial charge in [-0.1, -0.05) is 76.3 Å². The molecule has 1 atom stereocenters. The number of rotatable bonds is 13. The normalized spacial score (nSPS) is 11.8. The minimum Gasteiger partial charge on any atom is -0.465 e. The smallest absolute Gasteiger partial charge is 0.308 e. The molecule has 0 aliphatic heterocycles. The van der Waals surface area contributed by atoms with Crippen LogP contribution in [0.1, 0.15) is 70.8 Å². The number of hydrogen-bond acceptors (Lipinski definition) is 4. The lowest BCUT2D eigenvalue weighted by molar-refractivity contribution is -0.149. The molecule has 0 bridgehead atoms. The molecular formula is C21H32O4. The largest absolute Gasteiger partial charge is 0.465 e. The minimum absolute atomic E-state index is 0.218. The number of hydrogen-bond donors (Lipinski definition) is 0. The van der Waals surface area contributed by atoms with Crippen molar-refractivity contribution < 1.29 is 19.1 Å². The number of esters is 2. The molecule has 0 saturated carbocycles. The van der Waals surface area contributed by atoms with Gasteiger partial charge in [0.25, 0.3) is 0 Å². The zero-order chi connectivity index (χ0) is 18.3. The van der Waals surface area contributed by atoms with Gasteiger partial charge in [-0.3, -0.25) is 9.59 Å². The molecule has 0 spiro atoms. The molecule has 0 unspecified atom stereocenters. The van der Waals surface area contributed by atoms with E-state index in [-0.39, 0.29) is 30.9 Å². The first-order valence-electron chi connectivity index (χ1n) is 9.49. The monoisotopic (exact) mass is 348 g/mol. The van der Waals surface area contributed by atoms with Crippen molar-refractivity contribution >= 4 is 11.9 Å². The van der Waals surface area contributed by atoms with Crippen molar-refractivity contribution in [1.29, 1.82) is 0 Å². The van der Waals surface area contributed by atoms with E-state index < -0.39 is 0 Å². The van der Waals surface area contributed by atoms with Gasteiger partial charge in [0.1, 0.15) is 6.61 Å². The summed E-state index contributed by atoms with van der Waals surface area (Å²) in [4.78, 5) is 23.7. The second kappa shape index (κ2) is 13.5. The standard InChI is InChI=1S/C21H32O4/c1-3-4-5-6-7-11-16-24-21(23)18(2)14-15-20(22)25-17-19-12-9-8-10-13-19/h8-10,12-13,18H,3-7,11,14-17H2,1-2H3/t18-/m0/s1. The van der Waals surface area contributed by atoms with Crippen LogP contribution in [0.25, 0.3) is 0 Å². The molecular weight excluding hydrogens is 316 g/mol. The molecule has 0 fully saturated rings. The van der Waals surface area contributed by atoms with Crippen LogP contribution in [0.3, 0.4) is 0 Å². The van der Waals surface area contributed by atoms with Crippen molar-refractivity contribution in [1.82, 2.24) is 0 Å². The lowest BCUT2D eigenvalue weighted by Gasteiger charge is -2.11. The van der Waals surface area contributed by atoms with Gasteiger partial charge in [0.2, 0.25) is 0 Å². The number of ether oxygens (including phenoxy) is 2. The first-order chi connectivity index (χ1) is 12.1. The van der Waals surface area contributed by atoms with E-state index in [1.807, 2.05) is 30.3 Å². The third kappa shape index (κ3) is 10.6. The molecule has 25 heavy (non-hydrogen) atoms. The summed E-state index contributed by atoms with van der Waals surface area (Å²) in [5.74, 6) is -0.770. The highest BCUT2D eigenvalue weighted by atomic mass is 16.5. The lowest BCUT2D eigenvalue weighted by Crippen LogP contribution is -2.17. The highest BCUT2D eigenvalue weighted by molar-refractivity contribution is 5.74. The van der Waals surface area contributed by atoms with E-state index in [1.165, 1.54) is 25.7 Å². The number of carbonyl (C=O) groups excluding carboxylic acids is 2. The Labute approximate surface area is 151 Å². The summed E-state index contributed by atoms with van der Waals surface area (Å²) in [7, 11) is 0. The summed E-state index contributed by atoms with van der Waals surface area (Å²) in [6.07, 6.45) is 7.69. The van der Waals surface area contributed by atoms with E-state index in [9.17, 15) is 9.59 Å². The van der Waals surface area contributed by atoms with Crippen LogP contribution in [0.4, 0.5) is 0 Å². The Bertz CT molecular complexity index is 484. The van der Waals surface area contributed by atoms with Gasteiger partial charge in [-0.25, -0.2) is 0 Å². The Balaban J connectivity index is 2.06. The van der Waals surface area contributed by atoms with Gasteiger partial charge in [0.15, 0.2) is 0 Å². The highest BCUT2D eigenvalue weighted by Gasteiger charge is 2.16. The Morgan fingerprint density at radius 2 is 1.64 bits per heavy atom. The Hall–Kier alpha value is -1.84. The van der Waals surface area contributed by atoms with Gasteiger partial charge >= 0.3 is 11.9 Å². The van der Waals surface area contributed by atoms with Crippen LogP contribution in [0, 0.1) is 5.92 Å². The molecule has 1 aromatic rings. The lowest BCUT2D eigenvalue weighted by atomic mass is 10.1.